The number of rotatable bonds is 5. The Labute approximate surface area is 89.9 Å². The highest BCUT2D eigenvalue weighted by Gasteiger charge is 2.21. The highest BCUT2D eigenvalue weighted by atomic mass is 35.5. The molecule has 1 rings (SSSR count). The second kappa shape index (κ2) is 5.06. The number of nitrogens with one attached hydrogen (secondary N) is 1. The minimum atomic E-state index is -0.868. The first-order valence-corrected chi connectivity index (χ1v) is 4.60. The summed E-state index contributed by atoms with van der Waals surface area (Å²) in [7, 11) is 0. The Kier molecular flexibility index (Phi) is 4.01. The van der Waals surface area contributed by atoms with Gasteiger partial charge in [0.15, 0.2) is 0 Å². The van der Waals surface area contributed by atoms with Gasteiger partial charge in [-0.3, -0.25) is 0 Å². The molecule has 0 aliphatic rings. The van der Waals surface area contributed by atoms with E-state index in [1.165, 1.54) is 0 Å². The van der Waals surface area contributed by atoms with Gasteiger partial charge in [0.2, 0.25) is 0 Å². The van der Waals surface area contributed by atoms with Crippen molar-refractivity contribution in [3.63, 3.8) is 0 Å². The molecule has 1 aromatic heterocycles. The average Bonchev–Trinajstić information content (AvgIpc) is 2.47. The van der Waals surface area contributed by atoms with Crippen LogP contribution < -0.4 is 0 Å². The summed E-state index contributed by atoms with van der Waals surface area (Å²) < 4.78 is 0. The van der Waals surface area contributed by atoms with E-state index in [-0.39, 0.29) is 36.2 Å². The zero-order chi connectivity index (χ0) is 11.4. The van der Waals surface area contributed by atoms with Gasteiger partial charge in [-0.05, 0) is 22.9 Å². The maximum absolute atomic E-state index is 10.5. The molecular formula is C7H10ClN3O4. The lowest BCUT2D eigenvalue weighted by Crippen LogP contribution is -2.13. The van der Waals surface area contributed by atoms with Crippen molar-refractivity contribution in [1.82, 2.24) is 9.97 Å². The summed E-state index contributed by atoms with van der Waals surface area (Å²) in [4.78, 5) is 15.8. The summed E-state index contributed by atoms with van der Waals surface area (Å²) in [5, 5.41) is 28.3. The van der Waals surface area contributed by atoms with Crippen LogP contribution in [-0.2, 0) is 6.42 Å². The highest BCUT2D eigenvalue weighted by molar-refractivity contribution is 6.28. The monoisotopic (exact) mass is 235 g/mol. The Bertz CT molecular complexity index is 354. The van der Waals surface area contributed by atoms with Crippen molar-refractivity contribution >= 4 is 17.4 Å². The zero-order valence-electron chi connectivity index (χ0n) is 7.68. The maximum atomic E-state index is 10.5. The molecule has 0 bridgehead atoms. The van der Waals surface area contributed by atoms with Gasteiger partial charge < -0.3 is 20.3 Å². The Balaban J connectivity index is 2.79. The fraction of sp³-hybridized carbons (Fsp3) is 0.571. The van der Waals surface area contributed by atoms with E-state index in [4.69, 9.17) is 16.7 Å². The van der Waals surface area contributed by atoms with Crippen LogP contribution in [-0.4, -0.2) is 37.8 Å². The van der Waals surface area contributed by atoms with Gasteiger partial charge >= 0.3 is 5.82 Å². The van der Waals surface area contributed by atoms with Crippen LogP contribution in [0.4, 0.5) is 5.82 Å². The van der Waals surface area contributed by atoms with Crippen molar-refractivity contribution in [3.05, 3.63) is 21.1 Å². The SMILES string of the molecule is O=[N+]([O-])c1[nH]c(Cl)nc1C[C@@H](O)CCO. The van der Waals surface area contributed by atoms with Gasteiger partial charge in [-0.2, -0.15) is 4.98 Å². The van der Waals surface area contributed by atoms with Crippen LogP contribution >= 0.6 is 11.6 Å². The third kappa shape index (κ3) is 3.15. The molecule has 0 unspecified atom stereocenters. The van der Waals surface area contributed by atoms with Crippen molar-refractivity contribution in [2.75, 3.05) is 6.61 Å². The number of imidazole rings is 1. The van der Waals surface area contributed by atoms with Crippen LogP contribution in [0.25, 0.3) is 0 Å². The smallest absolute Gasteiger partial charge is 0.345 e. The Morgan fingerprint density at radius 3 is 2.87 bits per heavy atom. The number of H-pyrrole nitrogens is 1. The molecule has 7 nitrogen and oxygen atoms in total. The van der Waals surface area contributed by atoms with E-state index in [1.807, 2.05) is 0 Å². The minimum absolute atomic E-state index is 0.0138. The van der Waals surface area contributed by atoms with E-state index in [9.17, 15) is 15.2 Å². The van der Waals surface area contributed by atoms with Crippen molar-refractivity contribution in [2.45, 2.75) is 18.9 Å². The number of nitrogens with zero attached hydrogens (tertiary/aromatic N) is 2. The average molecular weight is 236 g/mol. The summed E-state index contributed by atoms with van der Waals surface area (Å²) in [6, 6.07) is 0. The van der Waals surface area contributed by atoms with Gasteiger partial charge in [0.25, 0.3) is 5.28 Å². The molecule has 0 amide bonds. The second-order valence-electron chi connectivity index (χ2n) is 2.95. The van der Waals surface area contributed by atoms with Crippen molar-refractivity contribution in [1.29, 1.82) is 0 Å². The fourth-order valence-electron chi connectivity index (χ4n) is 1.14. The van der Waals surface area contributed by atoms with E-state index in [0.717, 1.165) is 0 Å². The van der Waals surface area contributed by atoms with E-state index >= 15 is 0 Å². The van der Waals surface area contributed by atoms with Gasteiger partial charge in [-0.1, -0.05) is 0 Å². The molecule has 0 aliphatic carbocycles. The molecule has 0 fully saturated rings. The van der Waals surface area contributed by atoms with Gasteiger partial charge in [0, 0.05) is 13.0 Å². The minimum Gasteiger partial charge on any atom is -0.396 e. The van der Waals surface area contributed by atoms with Gasteiger partial charge in [0.05, 0.1) is 6.10 Å². The van der Waals surface area contributed by atoms with Crippen LogP contribution in [0, 0.1) is 10.1 Å². The first-order chi connectivity index (χ1) is 7.04. The predicted octanol–water partition coefficient (Wildman–Crippen LogP) is 0.257. The standard InChI is InChI=1S/C7H10ClN3O4/c8-7-9-5(3-4(13)1-2-12)6(10-7)11(14)15/h4,12-13H,1-3H2,(H,9,10)/t4-/m0/s1. The third-order valence-electron chi connectivity index (χ3n) is 1.80. The largest absolute Gasteiger partial charge is 0.396 e. The molecule has 0 saturated heterocycles. The van der Waals surface area contributed by atoms with Gasteiger partial charge in [0.1, 0.15) is 5.69 Å². The molecule has 1 heterocycles. The number of aliphatic hydroxyl groups is 2. The molecule has 3 N–H and O–H groups in total. The van der Waals surface area contributed by atoms with E-state index in [2.05, 4.69) is 9.97 Å². The van der Waals surface area contributed by atoms with Crippen LogP contribution in [0.5, 0.6) is 0 Å². The van der Waals surface area contributed by atoms with Crippen LogP contribution in [0.15, 0.2) is 0 Å². The molecule has 8 heteroatoms. The zero-order valence-corrected chi connectivity index (χ0v) is 8.44. The maximum Gasteiger partial charge on any atom is 0.345 e. The molecular weight excluding hydrogens is 226 g/mol. The number of hydrogen-bond donors (Lipinski definition) is 3. The van der Waals surface area contributed by atoms with E-state index in [1.54, 1.807) is 0 Å². The number of aromatic amines is 1. The molecule has 1 atom stereocenters. The molecule has 0 aliphatic heterocycles. The second-order valence-corrected chi connectivity index (χ2v) is 3.31. The normalized spacial score (nSPS) is 12.7. The van der Waals surface area contributed by atoms with Gasteiger partial charge in [-0.25, -0.2) is 4.98 Å². The van der Waals surface area contributed by atoms with Gasteiger partial charge in [-0.15, -0.1) is 0 Å². The highest BCUT2D eigenvalue weighted by Crippen LogP contribution is 2.19. The lowest BCUT2D eigenvalue weighted by Gasteiger charge is -2.05. The molecule has 0 saturated carbocycles. The van der Waals surface area contributed by atoms with Crippen molar-refractivity contribution in [3.8, 4) is 0 Å². The molecule has 15 heavy (non-hydrogen) atoms. The van der Waals surface area contributed by atoms with Crippen LogP contribution in [0.2, 0.25) is 5.28 Å². The topological polar surface area (TPSA) is 112 Å². The van der Waals surface area contributed by atoms with Crippen LogP contribution in [0.1, 0.15) is 12.1 Å². The van der Waals surface area contributed by atoms with Crippen molar-refractivity contribution < 1.29 is 15.1 Å². The van der Waals surface area contributed by atoms with Crippen molar-refractivity contribution in [2.24, 2.45) is 0 Å². The summed E-state index contributed by atoms with van der Waals surface area (Å²) in [6.45, 7) is -0.187. The third-order valence-corrected chi connectivity index (χ3v) is 1.98. The van der Waals surface area contributed by atoms with Crippen LogP contribution in [0.3, 0.4) is 0 Å². The van der Waals surface area contributed by atoms with E-state index in [0.29, 0.717) is 0 Å². The summed E-state index contributed by atoms with van der Waals surface area (Å²) in [5.74, 6) is -0.322. The number of nitro groups is 1. The number of aliphatic hydroxyl groups excluding tert-OH is 2. The molecule has 84 valence electrons. The number of halogens is 1. The number of aromatic nitrogens is 2. The predicted molar refractivity (Wildman–Crippen MR) is 51.7 cm³/mol. The Morgan fingerprint density at radius 2 is 2.33 bits per heavy atom. The summed E-state index contributed by atoms with van der Waals surface area (Å²) in [5.41, 5.74) is 0.0888. The first kappa shape index (κ1) is 11.9. The fourth-order valence-corrected chi connectivity index (χ4v) is 1.33. The molecule has 0 aromatic carbocycles. The summed E-state index contributed by atoms with van der Waals surface area (Å²) in [6.07, 6.45) is -0.741. The summed E-state index contributed by atoms with van der Waals surface area (Å²) >= 11 is 5.47. The lowest BCUT2D eigenvalue weighted by molar-refractivity contribution is -0.390. The van der Waals surface area contributed by atoms with E-state index < -0.39 is 11.0 Å². The Hall–Kier alpha value is -1.18. The number of hydrogen-bond acceptors (Lipinski definition) is 5. The molecule has 1 aromatic rings. The quantitative estimate of drug-likeness (QED) is 0.500. The molecule has 0 radical (unpaired) electrons. The first-order valence-electron chi connectivity index (χ1n) is 4.22. The lowest BCUT2D eigenvalue weighted by atomic mass is 10.1. The Morgan fingerprint density at radius 1 is 1.67 bits per heavy atom. The molecule has 0 spiro atoms.